The highest BCUT2D eigenvalue weighted by Crippen LogP contribution is 1.99. The molecule has 0 aromatic carbocycles. The monoisotopic (exact) mass is 207 g/mol. The lowest BCUT2D eigenvalue weighted by molar-refractivity contribution is 0.298. The van der Waals surface area contributed by atoms with Gasteiger partial charge in [0.1, 0.15) is 0 Å². The Hall–Kier alpha value is -1.69. The normalized spacial score (nSPS) is 10.8. The molecule has 0 bridgehead atoms. The molecule has 0 radical (unpaired) electrons. The summed E-state index contributed by atoms with van der Waals surface area (Å²) in [7, 11) is 1.88. The van der Waals surface area contributed by atoms with Crippen LogP contribution >= 0.6 is 0 Å². The van der Waals surface area contributed by atoms with Crippen molar-refractivity contribution >= 4 is 0 Å². The molecule has 80 valence electrons. The lowest BCUT2D eigenvalue weighted by Crippen LogP contribution is -2.02. The Morgan fingerprint density at radius 1 is 1.40 bits per heavy atom. The Morgan fingerprint density at radius 2 is 2.27 bits per heavy atom. The van der Waals surface area contributed by atoms with Crippen LogP contribution in [0, 0.1) is 0 Å². The van der Waals surface area contributed by atoms with Crippen molar-refractivity contribution in [2.75, 3.05) is 6.61 Å². The van der Waals surface area contributed by atoms with Gasteiger partial charge in [0.25, 0.3) is 0 Å². The third kappa shape index (κ3) is 2.41. The maximum Gasteiger partial charge on any atom is 0.0867 e. The highest BCUT2D eigenvalue weighted by molar-refractivity contribution is 5.00. The zero-order chi connectivity index (χ0) is 10.7. The molecule has 2 rings (SSSR count). The predicted octanol–water partition coefficient (Wildman–Crippen LogP) is -0.405. The van der Waals surface area contributed by atoms with Crippen LogP contribution in [0.25, 0.3) is 0 Å². The Balaban J connectivity index is 2.04. The van der Waals surface area contributed by atoms with E-state index in [1.54, 1.807) is 9.36 Å². The van der Waals surface area contributed by atoms with Gasteiger partial charge in [0.2, 0.25) is 0 Å². The van der Waals surface area contributed by atoms with Gasteiger partial charge in [0, 0.05) is 32.5 Å². The molecule has 0 saturated heterocycles. The molecule has 0 spiro atoms. The predicted molar refractivity (Wildman–Crippen MR) is 53.1 cm³/mol. The number of rotatable bonds is 4. The van der Waals surface area contributed by atoms with Gasteiger partial charge < -0.3 is 5.11 Å². The zero-order valence-corrected chi connectivity index (χ0v) is 8.54. The molecule has 0 fully saturated rings. The molecule has 2 aromatic heterocycles. The van der Waals surface area contributed by atoms with Gasteiger partial charge in [-0.05, 0) is 6.07 Å². The minimum absolute atomic E-state index is 0.0995. The van der Waals surface area contributed by atoms with E-state index in [1.807, 2.05) is 25.5 Å². The highest BCUT2D eigenvalue weighted by atomic mass is 16.3. The van der Waals surface area contributed by atoms with Crippen LogP contribution in [-0.2, 0) is 20.0 Å². The molecule has 1 N–H and O–H groups in total. The van der Waals surface area contributed by atoms with E-state index >= 15 is 0 Å². The van der Waals surface area contributed by atoms with Crippen molar-refractivity contribution < 1.29 is 5.11 Å². The SMILES string of the molecule is Cn1ccc(Cn2cc(CCO)nn2)n1. The van der Waals surface area contributed by atoms with Crippen molar-refractivity contribution in [2.45, 2.75) is 13.0 Å². The fraction of sp³-hybridized carbons (Fsp3) is 0.444. The van der Waals surface area contributed by atoms with E-state index in [0.29, 0.717) is 13.0 Å². The number of aliphatic hydroxyl groups is 1. The third-order valence-corrected chi connectivity index (χ3v) is 2.05. The van der Waals surface area contributed by atoms with Gasteiger partial charge in [-0.25, -0.2) is 4.68 Å². The van der Waals surface area contributed by atoms with E-state index < -0.39 is 0 Å². The molecule has 15 heavy (non-hydrogen) atoms. The number of aryl methyl sites for hydroxylation is 1. The van der Waals surface area contributed by atoms with Gasteiger partial charge in [0.05, 0.1) is 17.9 Å². The third-order valence-electron chi connectivity index (χ3n) is 2.05. The molecule has 0 aliphatic rings. The summed E-state index contributed by atoms with van der Waals surface area (Å²) in [6.07, 6.45) is 4.26. The molecule has 6 nitrogen and oxygen atoms in total. The van der Waals surface area contributed by atoms with Crippen LogP contribution in [-0.4, -0.2) is 36.5 Å². The van der Waals surface area contributed by atoms with E-state index in [4.69, 9.17) is 5.11 Å². The number of hydrogen-bond donors (Lipinski definition) is 1. The average molecular weight is 207 g/mol. The number of aromatic nitrogens is 5. The van der Waals surface area contributed by atoms with E-state index in [1.165, 1.54) is 0 Å². The van der Waals surface area contributed by atoms with Crippen molar-refractivity contribution in [2.24, 2.45) is 7.05 Å². The molecule has 0 unspecified atom stereocenters. The number of aliphatic hydroxyl groups excluding tert-OH is 1. The Morgan fingerprint density at radius 3 is 2.93 bits per heavy atom. The van der Waals surface area contributed by atoms with Gasteiger partial charge in [-0.2, -0.15) is 5.10 Å². The fourth-order valence-corrected chi connectivity index (χ4v) is 1.36. The quantitative estimate of drug-likeness (QED) is 0.740. The van der Waals surface area contributed by atoms with Crippen molar-refractivity contribution in [1.29, 1.82) is 0 Å². The first-order valence-corrected chi connectivity index (χ1v) is 4.76. The molecule has 0 aliphatic heterocycles. The van der Waals surface area contributed by atoms with E-state index in [9.17, 15) is 0 Å². The van der Waals surface area contributed by atoms with E-state index in [0.717, 1.165) is 11.4 Å². The largest absolute Gasteiger partial charge is 0.396 e. The van der Waals surface area contributed by atoms with Gasteiger partial charge in [-0.15, -0.1) is 5.10 Å². The highest BCUT2D eigenvalue weighted by Gasteiger charge is 2.02. The molecular formula is C9H13N5O. The first kappa shape index (κ1) is 9.85. The van der Waals surface area contributed by atoms with Crippen LogP contribution in [0.2, 0.25) is 0 Å². The van der Waals surface area contributed by atoms with E-state index in [2.05, 4.69) is 15.4 Å². The summed E-state index contributed by atoms with van der Waals surface area (Å²) in [4.78, 5) is 0. The molecule has 2 aromatic rings. The van der Waals surface area contributed by atoms with Crippen LogP contribution in [0.3, 0.4) is 0 Å². The summed E-state index contributed by atoms with van der Waals surface area (Å²) in [5.41, 5.74) is 1.74. The molecular weight excluding hydrogens is 194 g/mol. The summed E-state index contributed by atoms with van der Waals surface area (Å²) < 4.78 is 3.47. The van der Waals surface area contributed by atoms with Crippen LogP contribution < -0.4 is 0 Å². The fourth-order valence-electron chi connectivity index (χ4n) is 1.36. The van der Waals surface area contributed by atoms with Crippen LogP contribution in [0.5, 0.6) is 0 Å². The van der Waals surface area contributed by atoms with Crippen molar-refractivity contribution in [3.63, 3.8) is 0 Å². The molecule has 0 aliphatic carbocycles. The lowest BCUT2D eigenvalue weighted by Gasteiger charge is -1.94. The molecule has 6 heteroatoms. The summed E-state index contributed by atoms with van der Waals surface area (Å²) in [6.45, 7) is 0.710. The first-order valence-electron chi connectivity index (χ1n) is 4.76. The first-order chi connectivity index (χ1) is 7.28. The summed E-state index contributed by atoms with van der Waals surface area (Å²) in [5.74, 6) is 0. The zero-order valence-electron chi connectivity index (χ0n) is 8.54. The summed E-state index contributed by atoms with van der Waals surface area (Å²) >= 11 is 0. The van der Waals surface area contributed by atoms with Crippen molar-refractivity contribution in [1.82, 2.24) is 24.8 Å². The minimum Gasteiger partial charge on any atom is -0.396 e. The maximum absolute atomic E-state index is 8.73. The van der Waals surface area contributed by atoms with E-state index in [-0.39, 0.29) is 6.61 Å². The van der Waals surface area contributed by atoms with Gasteiger partial charge in [0.15, 0.2) is 0 Å². The Labute approximate surface area is 87.1 Å². The summed E-state index contributed by atoms with van der Waals surface area (Å²) in [6, 6.07) is 1.94. The van der Waals surface area contributed by atoms with Gasteiger partial charge in [-0.1, -0.05) is 5.21 Å². The van der Waals surface area contributed by atoms with Crippen LogP contribution in [0.1, 0.15) is 11.4 Å². The van der Waals surface area contributed by atoms with Crippen molar-refractivity contribution in [3.05, 3.63) is 29.8 Å². The number of nitrogens with zero attached hydrogens (tertiary/aromatic N) is 5. The van der Waals surface area contributed by atoms with Crippen LogP contribution in [0.15, 0.2) is 18.5 Å². The maximum atomic E-state index is 8.73. The topological polar surface area (TPSA) is 68.8 Å². The summed E-state index contributed by atoms with van der Waals surface area (Å²) in [5, 5.41) is 20.8. The Kier molecular flexibility index (Phi) is 2.77. The minimum atomic E-state index is 0.0995. The lowest BCUT2D eigenvalue weighted by atomic mass is 10.3. The smallest absolute Gasteiger partial charge is 0.0867 e. The van der Waals surface area contributed by atoms with Gasteiger partial charge >= 0.3 is 0 Å². The Bertz CT molecular complexity index is 433. The molecule has 2 heterocycles. The van der Waals surface area contributed by atoms with Crippen LogP contribution in [0.4, 0.5) is 0 Å². The second-order valence-electron chi connectivity index (χ2n) is 3.36. The second-order valence-corrected chi connectivity index (χ2v) is 3.36. The molecule has 0 saturated carbocycles. The molecule has 0 amide bonds. The van der Waals surface area contributed by atoms with Crippen molar-refractivity contribution in [3.8, 4) is 0 Å². The standard InChI is InChI=1S/C9H13N5O/c1-13-4-2-9(11-13)7-14-6-8(3-5-15)10-12-14/h2,4,6,15H,3,5,7H2,1H3. The van der Waals surface area contributed by atoms with Gasteiger partial charge in [-0.3, -0.25) is 4.68 Å². The average Bonchev–Trinajstić information content (AvgIpc) is 2.78. The number of hydrogen-bond acceptors (Lipinski definition) is 4. The molecule has 0 atom stereocenters. The second kappa shape index (κ2) is 4.22.